The molecule has 1 amide bonds. The minimum absolute atomic E-state index is 0.0262. The van der Waals surface area contributed by atoms with Crippen molar-refractivity contribution in [2.24, 2.45) is 0 Å². The zero-order valence-corrected chi connectivity index (χ0v) is 12.1. The number of aromatic amines is 1. The summed E-state index contributed by atoms with van der Waals surface area (Å²) in [5.41, 5.74) is 5.04. The van der Waals surface area contributed by atoms with Crippen LogP contribution in [-0.4, -0.2) is 46.0 Å². The van der Waals surface area contributed by atoms with Crippen LogP contribution in [0.4, 0.5) is 16.7 Å². The molecule has 1 aliphatic rings. The van der Waals surface area contributed by atoms with Gasteiger partial charge in [-0.05, 0) is 33.6 Å². The topological polar surface area (TPSA) is 109 Å². The number of alkyl carbamates (subject to hydrolysis) is 1. The summed E-state index contributed by atoms with van der Waals surface area (Å²) >= 11 is 0. The van der Waals surface area contributed by atoms with Crippen molar-refractivity contribution < 1.29 is 9.53 Å². The van der Waals surface area contributed by atoms with E-state index in [0.29, 0.717) is 18.4 Å². The quantitative estimate of drug-likeness (QED) is 0.743. The van der Waals surface area contributed by atoms with Crippen molar-refractivity contribution in [3.8, 4) is 0 Å². The first-order valence-electron chi connectivity index (χ1n) is 6.76. The second kappa shape index (κ2) is 5.56. The van der Waals surface area contributed by atoms with Crippen LogP contribution in [-0.2, 0) is 4.74 Å². The number of piperidine rings is 1. The molecule has 0 saturated carbocycles. The molecule has 0 radical (unpaired) electrons. The van der Waals surface area contributed by atoms with Gasteiger partial charge in [-0.3, -0.25) is 0 Å². The maximum absolute atomic E-state index is 11.8. The molecule has 0 unspecified atom stereocenters. The van der Waals surface area contributed by atoms with Crippen LogP contribution in [0.15, 0.2) is 0 Å². The molecule has 1 aliphatic heterocycles. The van der Waals surface area contributed by atoms with Gasteiger partial charge in [0.1, 0.15) is 5.60 Å². The van der Waals surface area contributed by atoms with Crippen molar-refractivity contribution in [1.82, 2.24) is 20.5 Å². The van der Waals surface area contributed by atoms with Crippen molar-refractivity contribution in [3.63, 3.8) is 0 Å². The van der Waals surface area contributed by atoms with Crippen molar-refractivity contribution in [1.29, 1.82) is 0 Å². The molecule has 0 aromatic carbocycles. The van der Waals surface area contributed by atoms with E-state index >= 15 is 0 Å². The fraction of sp³-hybridized carbons (Fsp3) is 0.750. The summed E-state index contributed by atoms with van der Waals surface area (Å²) in [5.74, 6) is 0.861. The number of nitrogen functional groups attached to an aromatic ring is 1. The fourth-order valence-corrected chi connectivity index (χ4v) is 2.16. The average Bonchev–Trinajstić information content (AvgIpc) is 2.73. The summed E-state index contributed by atoms with van der Waals surface area (Å²) in [6.07, 6.45) is 1.48. The standard InChI is InChI=1S/C12H22N6O2/c1-12(2,3)20-11(19)14-8-5-4-6-18(7-8)10-15-9(13)16-17-10/h8H,4-7H2,1-3H3,(H,14,19)(H3,13,15,16,17)/t8-/m1/s1. The van der Waals surface area contributed by atoms with E-state index < -0.39 is 5.60 Å². The van der Waals surface area contributed by atoms with Gasteiger partial charge in [-0.15, -0.1) is 5.10 Å². The number of nitrogens with two attached hydrogens (primary N) is 1. The first kappa shape index (κ1) is 14.4. The highest BCUT2D eigenvalue weighted by atomic mass is 16.6. The van der Waals surface area contributed by atoms with Gasteiger partial charge >= 0.3 is 6.09 Å². The average molecular weight is 282 g/mol. The lowest BCUT2D eigenvalue weighted by atomic mass is 10.1. The molecule has 0 bridgehead atoms. The Hall–Kier alpha value is -1.99. The van der Waals surface area contributed by atoms with Gasteiger partial charge in [0.05, 0.1) is 0 Å². The SMILES string of the molecule is CC(C)(C)OC(=O)N[C@@H]1CCCN(c2n[nH]c(N)n2)C1. The molecule has 20 heavy (non-hydrogen) atoms. The summed E-state index contributed by atoms with van der Waals surface area (Å²) in [6.45, 7) is 7.03. The highest BCUT2D eigenvalue weighted by Crippen LogP contribution is 2.17. The molecule has 8 nitrogen and oxygen atoms in total. The fourth-order valence-electron chi connectivity index (χ4n) is 2.16. The van der Waals surface area contributed by atoms with E-state index in [1.807, 2.05) is 25.7 Å². The molecule has 1 fully saturated rings. The Kier molecular flexibility index (Phi) is 4.01. The number of aromatic nitrogens is 3. The number of nitrogens with zero attached hydrogens (tertiary/aromatic N) is 3. The summed E-state index contributed by atoms with van der Waals surface area (Å²) in [5, 5.41) is 9.53. The smallest absolute Gasteiger partial charge is 0.407 e. The van der Waals surface area contributed by atoms with Gasteiger partial charge < -0.3 is 20.7 Å². The zero-order valence-electron chi connectivity index (χ0n) is 12.1. The molecule has 2 rings (SSSR count). The summed E-state index contributed by atoms with van der Waals surface area (Å²) < 4.78 is 5.26. The lowest BCUT2D eigenvalue weighted by molar-refractivity contribution is 0.0500. The zero-order chi connectivity index (χ0) is 14.8. The van der Waals surface area contributed by atoms with Gasteiger partial charge in [0.15, 0.2) is 0 Å². The van der Waals surface area contributed by atoms with Gasteiger partial charge in [-0.2, -0.15) is 4.98 Å². The molecular weight excluding hydrogens is 260 g/mol. The second-order valence-electron chi connectivity index (χ2n) is 5.95. The van der Waals surface area contributed by atoms with Gasteiger partial charge in [-0.1, -0.05) is 0 Å². The molecule has 1 aromatic heterocycles. The number of nitrogens with one attached hydrogen (secondary N) is 2. The Bertz CT molecular complexity index is 467. The summed E-state index contributed by atoms with van der Waals surface area (Å²) in [4.78, 5) is 17.9. The second-order valence-corrected chi connectivity index (χ2v) is 5.95. The molecule has 112 valence electrons. The predicted molar refractivity (Wildman–Crippen MR) is 75.4 cm³/mol. The summed E-state index contributed by atoms with van der Waals surface area (Å²) in [6, 6.07) is 0.0262. The Morgan fingerprint density at radius 3 is 2.90 bits per heavy atom. The van der Waals surface area contributed by atoms with Crippen LogP contribution in [0.25, 0.3) is 0 Å². The number of rotatable bonds is 2. The number of hydrogen-bond donors (Lipinski definition) is 3. The normalized spacial score (nSPS) is 19.8. The molecule has 8 heteroatoms. The van der Waals surface area contributed by atoms with E-state index in [1.54, 1.807) is 0 Å². The van der Waals surface area contributed by atoms with E-state index in [4.69, 9.17) is 10.5 Å². The first-order valence-corrected chi connectivity index (χ1v) is 6.76. The van der Waals surface area contributed by atoms with Crippen LogP contribution in [0, 0.1) is 0 Å². The van der Waals surface area contributed by atoms with E-state index in [0.717, 1.165) is 19.4 Å². The number of hydrogen-bond acceptors (Lipinski definition) is 6. The third-order valence-corrected chi connectivity index (χ3v) is 2.92. The highest BCUT2D eigenvalue weighted by Gasteiger charge is 2.25. The highest BCUT2D eigenvalue weighted by molar-refractivity contribution is 5.68. The van der Waals surface area contributed by atoms with Crippen molar-refractivity contribution >= 4 is 18.0 Å². The molecule has 0 spiro atoms. The Morgan fingerprint density at radius 2 is 2.30 bits per heavy atom. The third kappa shape index (κ3) is 4.01. The van der Waals surface area contributed by atoms with Crippen LogP contribution >= 0.6 is 0 Å². The molecule has 2 heterocycles. The molecule has 4 N–H and O–H groups in total. The van der Waals surface area contributed by atoms with Gasteiger partial charge in [0, 0.05) is 19.1 Å². The monoisotopic (exact) mass is 282 g/mol. The maximum Gasteiger partial charge on any atom is 0.407 e. The minimum Gasteiger partial charge on any atom is -0.444 e. The van der Waals surface area contributed by atoms with E-state index in [1.165, 1.54) is 0 Å². The van der Waals surface area contributed by atoms with Crippen LogP contribution in [0.2, 0.25) is 0 Å². The number of amides is 1. The minimum atomic E-state index is -0.489. The molecular formula is C12H22N6O2. The van der Waals surface area contributed by atoms with Crippen molar-refractivity contribution in [2.75, 3.05) is 23.7 Å². The van der Waals surface area contributed by atoms with Gasteiger partial charge in [0.2, 0.25) is 11.9 Å². The van der Waals surface area contributed by atoms with Crippen LogP contribution in [0.5, 0.6) is 0 Å². The van der Waals surface area contributed by atoms with Crippen LogP contribution in [0.3, 0.4) is 0 Å². The Labute approximate surface area is 118 Å². The largest absolute Gasteiger partial charge is 0.444 e. The molecule has 1 atom stereocenters. The summed E-state index contributed by atoms with van der Waals surface area (Å²) in [7, 11) is 0. The van der Waals surface area contributed by atoms with Gasteiger partial charge in [-0.25, -0.2) is 9.89 Å². The van der Waals surface area contributed by atoms with E-state index in [2.05, 4.69) is 20.5 Å². The lowest BCUT2D eigenvalue weighted by Crippen LogP contribution is -2.49. The Balaban J connectivity index is 1.89. The molecule has 1 aromatic rings. The third-order valence-electron chi connectivity index (χ3n) is 2.92. The van der Waals surface area contributed by atoms with Crippen molar-refractivity contribution in [2.45, 2.75) is 45.3 Å². The number of ether oxygens (including phenoxy) is 1. The Morgan fingerprint density at radius 1 is 1.55 bits per heavy atom. The number of carbonyl (C=O) groups excluding carboxylic acids is 1. The lowest BCUT2D eigenvalue weighted by Gasteiger charge is -2.32. The molecule has 1 saturated heterocycles. The first-order chi connectivity index (χ1) is 9.33. The maximum atomic E-state index is 11.8. The van der Waals surface area contributed by atoms with E-state index in [9.17, 15) is 4.79 Å². The number of H-pyrrole nitrogens is 1. The number of carbonyl (C=O) groups is 1. The van der Waals surface area contributed by atoms with Crippen molar-refractivity contribution in [3.05, 3.63) is 0 Å². The van der Waals surface area contributed by atoms with E-state index in [-0.39, 0.29) is 12.1 Å². The predicted octanol–water partition coefficient (Wildman–Crippen LogP) is 0.880. The number of anilines is 2. The molecule has 0 aliphatic carbocycles. The van der Waals surface area contributed by atoms with Crippen LogP contribution in [0.1, 0.15) is 33.6 Å². The van der Waals surface area contributed by atoms with Crippen LogP contribution < -0.4 is 16.0 Å². The van der Waals surface area contributed by atoms with Gasteiger partial charge in [0.25, 0.3) is 0 Å².